The quantitative estimate of drug-likeness (QED) is 0.891. The summed E-state index contributed by atoms with van der Waals surface area (Å²) in [5.74, 6) is -0.0353. The van der Waals surface area contributed by atoms with Gasteiger partial charge in [0.1, 0.15) is 0 Å². The molecule has 1 amide bonds. The molecule has 0 saturated carbocycles. The lowest BCUT2D eigenvalue weighted by molar-refractivity contribution is 0.0945. The average molecular weight is 256 g/mol. The molecule has 0 fully saturated rings. The number of fused-ring (bicyclic) bond motifs is 1. The average Bonchev–Trinajstić information content (AvgIpc) is 2.89. The topological polar surface area (TPSA) is 59.8 Å². The van der Waals surface area contributed by atoms with Crippen molar-refractivity contribution in [2.24, 2.45) is 0 Å². The first-order valence-corrected chi connectivity index (χ1v) is 6.47. The van der Waals surface area contributed by atoms with Crippen molar-refractivity contribution >= 4 is 5.91 Å². The fourth-order valence-electron chi connectivity index (χ4n) is 2.21. The number of hydrogen-bond acceptors (Lipinski definition) is 3. The number of hydrogen-bond donors (Lipinski definition) is 1. The zero-order valence-corrected chi connectivity index (χ0v) is 11.1. The molecule has 19 heavy (non-hydrogen) atoms. The van der Waals surface area contributed by atoms with Crippen LogP contribution < -0.4 is 5.32 Å². The molecule has 1 aliphatic rings. The van der Waals surface area contributed by atoms with Gasteiger partial charge in [-0.05, 0) is 19.9 Å². The third kappa shape index (κ3) is 2.12. The van der Waals surface area contributed by atoms with Gasteiger partial charge in [-0.3, -0.25) is 14.5 Å². The van der Waals surface area contributed by atoms with E-state index in [1.807, 2.05) is 29.3 Å². The maximum absolute atomic E-state index is 11.8. The normalized spacial score (nSPS) is 14.4. The van der Waals surface area contributed by atoms with Crippen molar-refractivity contribution in [1.29, 1.82) is 0 Å². The van der Waals surface area contributed by atoms with E-state index in [2.05, 4.69) is 29.2 Å². The highest BCUT2D eigenvalue weighted by Gasteiger charge is 2.18. The van der Waals surface area contributed by atoms with E-state index in [-0.39, 0.29) is 5.91 Å². The van der Waals surface area contributed by atoms with Crippen LogP contribution in [0.2, 0.25) is 0 Å². The predicted molar refractivity (Wildman–Crippen MR) is 71.9 cm³/mol. The van der Waals surface area contributed by atoms with Crippen LogP contribution in [0.3, 0.4) is 0 Å². The van der Waals surface area contributed by atoms with E-state index < -0.39 is 0 Å². The highest BCUT2D eigenvalue weighted by Crippen LogP contribution is 2.23. The van der Waals surface area contributed by atoms with Gasteiger partial charge >= 0.3 is 0 Å². The van der Waals surface area contributed by atoms with E-state index in [0.717, 1.165) is 23.2 Å². The SMILES string of the molecule is CC(C)n1cc(-c2cnc3c(c2)C(=O)NCC3)cn1. The summed E-state index contributed by atoms with van der Waals surface area (Å²) in [5, 5.41) is 7.15. The summed E-state index contributed by atoms with van der Waals surface area (Å²) < 4.78 is 1.90. The Kier molecular flexibility index (Phi) is 2.81. The predicted octanol–water partition coefficient (Wildman–Crippen LogP) is 1.81. The first kappa shape index (κ1) is 11.9. The van der Waals surface area contributed by atoms with Gasteiger partial charge in [0.15, 0.2) is 0 Å². The van der Waals surface area contributed by atoms with Crippen molar-refractivity contribution in [2.45, 2.75) is 26.3 Å². The number of carbonyl (C=O) groups is 1. The van der Waals surface area contributed by atoms with Gasteiger partial charge in [-0.15, -0.1) is 0 Å². The second kappa shape index (κ2) is 4.50. The van der Waals surface area contributed by atoms with E-state index in [4.69, 9.17) is 0 Å². The minimum absolute atomic E-state index is 0.0353. The molecule has 98 valence electrons. The van der Waals surface area contributed by atoms with Crippen LogP contribution in [0.1, 0.15) is 35.9 Å². The number of carbonyl (C=O) groups excluding carboxylic acids is 1. The largest absolute Gasteiger partial charge is 0.352 e. The standard InChI is InChI=1S/C14H16N4O/c1-9(2)18-8-11(7-17-18)10-5-12-13(16-6-10)3-4-15-14(12)19/h5-9H,3-4H2,1-2H3,(H,15,19). The molecule has 5 heteroatoms. The number of nitrogens with zero attached hydrogens (tertiary/aromatic N) is 3. The van der Waals surface area contributed by atoms with Crippen molar-refractivity contribution in [2.75, 3.05) is 6.54 Å². The fraction of sp³-hybridized carbons (Fsp3) is 0.357. The molecular formula is C14H16N4O. The molecule has 0 saturated heterocycles. The highest BCUT2D eigenvalue weighted by molar-refractivity contribution is 5.97. The third-order valence-corrected chi connectivity index (χ3v) is 3.33. The lowest BCUT2D eigenvalue weighted by atomic mass is 10.0. The summed E-state index contributed by atoms with van der Waals surface area (Å²) in [5.41, 5.74) is 3.48. The molecule has 0 aliphatic carbocycles. The van der Waals surface area contributed by atoms with E-state index in [1.165, 1.54) is 0 Å². The van der Waals surface area contributed by atoms with Gasteiger partial charge < -0.3 is 5.32 Å². The summed E-state index contributed by atoms with van der Waals surface area (Å²) in [4.78, 5) is 16.2. The Morgan fingerprint density at radius 3 is 2.89 bits per heavy atom. The molecule has 0 bridgehead atoms. The van der Waals surface area contributed by atoms with Gasteiger partial charge in [0.25, 0.3) is 5.91 Å². The molecule has 3 heterocycles. The molecule has 0 aromatic carbocycles. The second-order valence-electron chi connectivity index (χ2n) is 5.03. The molecule has 0 atom stereocenters. The zero-order valence-electron chi connectivity index (χ0n) is 11.1. The monoisotopic (exact) mass is 256 g/mol. The van der Waals surface area contributed by atoms with Crippen LogP contribution in [-0.2, 0) is 6.42 Å². The molecule has 0 radical (unpaired) electrons. The van der Waals surface area contributed by atoms with Crippen molar-refractivity contribution in [1.82, 2.24) is 20.1 Å². The third-order valence-electron chi connectivity index (χ3n) is 3.33. The summed E-state index contributed by atoms with van der Waals surface area (Å²) >= 11 is 0. The Morgan fingerprint density at radius 1 is 1.32 bits per heavy atom. The molecule has 1 N–H and O–H groups in total. The van der Waals surface area contributed by atoms with E-state index in [9.17, 15) is 4.79 Å². The molecule has 0 unspecified atom stereocenters. The van der Waals surface area contributed by atoms with E-state index >= 15 is 0 Å². The maximum Gasteiger partial charge on any atom is 0.253 e. The molecule has 2 aromatic heterocycles. The lowest BCUT2D eigenvalue weighted by Crippen LogP contribution is -2.32. The lowest BCUT2D eigenvalue weighted by Gasteiger charge is -2.15. The molecular weight excluding hydrogens is 240 g/mol. The summed E-state index contributed by atoms with van der Waals surface area (Å²) in [7, 11) is 0. The highest BCUT2D eigenvalue weighted by atomic mass is 16.1. The van der Waals surface area contributed by atoms with Crippen LogP contribution in [0.5, 0.6) is 0 Å². The second-order valence-corrected chi connectivity index (χ2v) is 5.03. The van der Waals surface area contributed by atoms with Crippen LogP contribution in [-0.4, -0.2) is 27.2 Å². The van der Waals surface area contributed by atoms with Gasteiger partial charge in [-0.2, -0.15) is 5.10 Å². The maximum atomic E-state index is 11.8. The Hall–Kier alpha value is -2.17. The van der Waals surface area contributed by atoms with Crippen molar-refractivity contribution in [3.8, 4) is 11.1 Å². The van der Waals surface area contributed by atoms with Crippen molar-refractivity contribution < 1.29 is 4.79 Å². The minimum atomic E-state index is -0.0353. The molecule has 1 aliphatic heterocycles. The molecule has 5 nitrogen and oxygen atoms in total. The smallest absolute Gasteiger partial charge is 0.253 e. The number of aromatic nitrogens is 3. The minimum Gasteiger partial charge on any atom is -0.352 e. The fourth-order valence-corrected chi connectivity index (χ4v) is 2.21. The van der Waals surface area contributed by atoms with Gasteiger partial charge in [0.05, 0.1) is 17.5 Å². The van der Waals surface area contributed by atoms with Gasteiger partial charge in [0.2, 0.25) is 0 Å². The first-order chi connectivity index (χ1) is 9.15. The first-order valence-electron chi connectivity index (χ1n) is 6.47. The van der Waals surface area contributed by atoms with Crippen LogP contribution in [0.25, 0.3) is 11.1 Å². The number of nitrogens with one attached hydrogen (secondary N) is 1. The van der Waals surface area contributed by atoms with Gasteiger partial charge in [-0.25, -0.2) is 0 Å². The number of rotatable bonds is 2. The van der Waals surface area contributed by atoms with E-state index in [0.29, 0.717) is 18.2 Å². The molecule has 2 aromatic rings. The van der Waals surface area contributed by atoms with Crippen LogP contribution in [0.4, 0.5) is 0 Å². The molecule has 0 spiro atoms. The van der Waals surface area contributed by atoms with Crippen LogP contribution >= 0.6 is 0 Å². The number of amides is 1. The Morgan fingerprint density at radius 2 is 2.16 bits per heavy atom. The Labute approximate surface area is 111 Å². The van der Waals surface area contributed by atoms with Crippen LogP contribution in [0.15, 0.2) is 24.7 Å². The van der Waals surface area contributed by atoms with Crippen molar-refractivity contribution in [3.05, 3.63) is 35.9 Å². The van der Waals surface area contributed by atoms with Gasteiger partial charge in [0, 0.05) is 42.5 Å². The van der Waals surface area contributed by atoms with Crippen LogP contribution in [0, 0.1) is 0 Å². The van der Waals surface area contributed by atoms with Gasteiger partial charge in [-0.1, -0.05) is 0 Å². The summed E-state index contributed by atoms with van der Waals surface area (Å²) in [6, 6.07) is 2.22. The summed E-state index contributed by atoms with van der Waals surface area (Å²) in [6.45, 7) is 4.83. The van der Waals surface area contributed by atoms with E-state index in [1.54, 1.807) is 0 Å². The Balaban J connectivity index is 2.01. The summed E-state index contributed by atoms with van der Waals surface area (Å²) in [6.07, 6.45) is 6.41. The van der Waals surface area contributed by atoms with Crippen molar-refractivity contribution in [3.63, 3.8) is 0 Å². The Bertz CT molecular complexity index is 630. The zero-order chi connectivity index (χ0) is 13.4. The number of pyridine rings is 1. The molecule has 3 rings (SSSR count).